The quantitative estimate of drug-likeness (QED) is 0.285. The molecule has 4 aromatic rings. The fourth-order valence-corrected chi connectivity index (χ4v) is 3.81. The third kappa shape index (κ3) is 2.49. The van der Waals surface area contributed by atoms with Crippen molar-refractivity contribution in [3.63, 3.8) is 0 Å². The standard InChI is InChI=1S/C19H16N8O3/c1-30-8-4-2-7(3-5-8)9-10-13(20)12-14(21)22-6-23-15(12)24-16(10)25-17-11(9)18(28)27-19(29)26-17/h2-6,9H,1H3,(H7,20,21,22,23,24,25,26,27,28,29). The second-order valence-corrected chi connectivity index (χ2v) is 6.77. The number of aromatic nitrogens is 5. The van der Waals surface area contributed by atoms with Crippen LogP contribution >= 0.6 is 0 Å². The van der Waals surface area contributed by atoms with Crippen molar-refractivity contribution >= 4 is 34.2 Å². The number of methoxy groups -OCH3 is 1. The summed E-state index contributed by atoms with van der Waals surface area (Å²) in [4.78, 5) is 42.2. The molecule has 11 heteroatoms. The Balaban J connectivity index is 1.88. The van der Waals surface area contributed by atoms with Gasteiger partial charge in [-0.05, 0) is 17.7 Å². The normalized spacial score (nSPS) is 14.6. The van der Waals surface area contributed by atoms with Gasteiger partial charge in [0.2, 0.25) is 0 Å². The van der Waals surface area contributed by atoms with Gasteiger partial charge in [-0.25, -0.2) is 19.7 Å². The highest BCUT2D eigenvalue weighted by Gasteiger charge is 2.34. The lowest BCUT2D eigenvalue weighted by Gasteiger charge is -2.29. The highest BCUT2D eigenvalue weighted by molar-refractivity contribution is 6.00. The number of nitrogens with one attached hydrogen (secondary N) is 3. The Bertz CT molecular complexity index is 1430. The average Bonchev–Trinajstić information content (AvgIpc) is 2.72. The zero-order valence-electron chi connectivity index (χ0n) is 15.7. The monoisotopic (exact) mass is 404 g/mol. The van der Waals surface area contributed by atoms with E-state index in [4.69, 9.17) is 16.2 Å². The molecule has 0 saturated carbocycles. The van der Waals surface area contributed by atoms with Crippen LogP contribution in [0.5, 0.6) is 5.75 Å². The first-order chi connectivity index (χ1) is 14.5. The third-order valence-corrected chi connectivity index (χ3v) is 5.14. The molecule has 5 rings (SSSR count). The van der Waals surface area contributed by atoms with Crippen LogP contribution in [0.4, 0.5) is 23.1 Å². The predicted octanol–water partition coefficient (Wildman–Crippen LogP) is 0.812. The maximum atomic E-state index is 12.8. The Morgan fingerprint density at radius 1 is 1.03 bits per heavy atom. The van der Waals surface area contributed by atoms with E-state index in [-0.39, 0.29) is 11.6 Å². The van der Waals surface area contributed by atoms with Crippen LogP contribution in [0.25, 0.3) is 11.0 Å². The Labute approximate surface area is 168 Å². The number of H-pyrrole nitrogens is 2. The Kier molecular flexibility index (Phi) is 3.71. The number of pyridine rings is 1. The third-order valence-electron chi connectivity index (χ3n) is 5.14. The van der Waals surface area contributed by atoms with Gasteiger partial charge in [0.05, 0.1) is 23.7 Å². The van der Waals surface area contributed by atoms with E-state index in [2.05, 4.69) is 30.2 Å². The van der Waals surface area contributed by atoms with Crippen molar-refractivity contribution in [2.75, 3.05) is 23.9 Å². The van der Waals surface area contributed by atoms with Crippen LogP contribution in [0.2, 0.25) is 0 Å². The first-order valence-corrected chi connectivity index (χ1v) is 8.95. The molecule has 150 valence electrons. The van der Waals surface area contributed by atoms with Crippen molar-refractivity contribution in [3.8, 4) is 5.75 Å². The summed E-state index contributed by atoms with van der Waals surface area (Å²) in [5.74, 6) is 0.825. The fraction of sp³-hybridized carbons (Fsp3) is 0.105. The minimum absolute atomic E-state index is 0.183. The number of rotatable bonds is 2. The summed E-state index contributed by atoms with van der Waals surface area (Å²) in [6, 6.07) is 7.19. The lowest BCUT2D eigenvalue weighted by molar-refractivity contribution is 0.414. The summed E-state index contributed by atoms with van der Waals surface area (Å²) in [7, 11) is 1.57. The zero-order chi connectivity index (χ0) is 21.0. The van der Waals surface area contributed by atoms with Gasteiger partial charge >= 0.3 is 5.69 Å². The zero-order valence-corrected chi connectivity index (χ0v) is 15.7. The molecule has 1 aliphatic heterocycles. The number of hydrogen-bond acceptors (Lipinski definition) is 9. The van der Waals surface area contributed by atoms with E-state index < -0.39 is 17.2 Å². The molecule has 1 atom stereocenters. The van der Waals surface area contributed by atoms with Crippen molar-refractivity contribution in [2.24, 2.45) is 0 Å². The van der Waals surface area contributed by atoms with Gasteiger partial charge in [0.15, 0.2) is 5.65 Å². The second kappa shape index (κ2) is 6.30. The Morgan fingerprint density at radius 2 is 1.80 bits per heavy atom. The smallest absolute Gasteiger partial charge is 0.327 e. The number of aromatic amines is 2. The number of nitrogens with two attached hydrogens (primary N) is 2. The summed E-state index contributed by atoms with van der Waals surface area (Å²) in [5, 5.41) is 3.41. The molecule has 30 heavy (non-hydrogen) atoms. The lowest BCUT2D eigenvalue weighted by Crippen LogP contribution is -2.32. The molecule has 0 fully saturated rings. The number of benzene rings is 1. The molecule has 1 aliphatic rings. The number of ether oxygens (including phenoxy) is 1. The lowest BCUT2D eigenvalue weighted by atomic mass is 9.82. The van der Waals surface area contributed by atoms with Crippen LogP contribution in [0, 0.1) is 0 Å². The Morgan fingerprint density at radius 3 is 2.53 bits per heavy atom. The fourth-order valence-electron chi connectivity index (χ4n) is 3.81. The number of nitrogens with zero attached hydrogens (tertiary/aromatic N) is 3. The molecule has 0 aliphatic carbocycles. The van der Waals surface area contributed by atoms with Crippen LogP contribution < -0.4 is 32.8 Å². The SMILES string of the molecule is COc1ccc(C2c3c(nc4ncnc(N)c4c3N)Nc3[nH]c(=O)[nH]c(=O)c32)cc1. The molecule has 4 heterocycles. The minimum Gasteiger partial charge on any atom is -0.497 e. The van der Waals surface area contributed by atoms with E-state index in [0.29, 0.717) is 39.4 Å². The average molecular weight is 404 g/mol. The van der Waals surface area contributed by atoms with Crippen LogP contribution in [0.3, 0.4) is 0 Å². The van der Waals surface area contributed by atoms with Gasteiger partial charge in [0, 0.05) is 11.5 Å². The largest absolute Gasteiger partial charge is 0.497 e. The molecule has 1 aromatic carbocycles. The summed E-state index contributed by atoms with van der Waals surface area (Å²) in [6.07, 6.45) is 1.29. The summed E-state index contributed by atoms with van der Waals surface area (Å²) in [6.45, 7) is 0. The van der Waals surface area contributed by atoms with E-state index in [9.17, 15) is 9.59 Å². The molecule has 3 aromatic heterocycles. The predicted molar refractivity (Wildman–Crippen MR) is 111 cm³/mol. The highest BCUT2D eigenvalue weighted by atomic mass is 16.5. The van der Waals surface area contributed by atoms with Crippen molar-refractivity contribution in [1.82, 2.24) is 24.9 Å². The van der Waals surface area contributed by atoms with Gasteiger partial charge in [-0.3, -0.25) is 14.8 Å². The van der Waals surface area contributed by atoms with Crippen LogP contribution in [-0.2, 0) is 0 Å². The van der Waals surface area contributed by atoms with E-state index in [1.165, 1.54) is 6.33 Å². The second-order valence-electron chi connectivity index (χ2n) is 6.77. The van der Waals surface area contributed by atoms with E-state index in [1.807, 2.05) is 12.1 Å². The molecular weight excluding hydrogens is 388 g/mol. The van der Waals surface area contributed by atoms with Gasteiger partial charge < -0.3 is 21.5 Å². The molecule has 1 unspecified atom stereocenters. The minimum atomic E-state index is -0.636. The molecule has 0 spiro atoms. The molecular formula is C19H16N8O3. The molecule has 0 amide bonds. The molecule has 0 bridgehead atoms. The number of anilines is 4. The molecule has 11 nitrogen and oxygen atoms in total. The van der Waals surface area contributed by atoms with Gasteiger partial charge in [-0.15, -0.1) is 0 Å². The molecule has 0 saturated heterocycles. The topological polar surface area (TPSA) is 178 Å². The van der Waals surface area contributed by atoms with Crippen molar-refractivity contribution in [1.29, 1.82) is 0 Å². The number of nitrogen functional groups attached to an aromatic ring is 2. The van der Waals surface area contributed by atoms with Gasteiger partial charge in [0.1, 0.15) is 29.5 Å². The van der Waals surface area contributed by atoms with E-state index in [1.54, 1.807) is 19.2 Å². The summed E-state index contributed by atoms with van der Waals surface area (Å²) >= 11 is 0. The van der Waals surface area contributed by atoms with Crippen molar-refractivity contribution in [3.05, 3.63) is 68.1 Å². The van der Waals surface area contributed by atoms with Crippen molar-refractivity contribution < 1.29 is 4.74 Å². The number of fused-ring (bicyclic) bond motifs is 3. The highest BCUT2D eigenvalue weighted by Crippen LogP contribution is 2.46. The number of hydrogen-bond donors (Lipinski definition) is 5. The molecule has 0 radical (unpaired) electrons. The maximum Gasteiger partial charge on any atom is 0.327 e. The summed E-state index contributed by atoms with van der Waals surface area (Å²) in [5.41, 5.74) is 13.6. The van der Waals surface area contributed by atoms with E-state index in [0.717, 1.165) is 5.56 Å². The first kappa shape index (κ1) is 17.7. The van der Waals surface area contributed by atoms with Gasteiger partial charge in [0.25, 0.3) is 5.56 Å². The van der Waals surface area contributed by atoms with E-state index >= 15 is 0 Å². The molecule has 7 N–H and O–H groups in total. The van der Waals surface area contributed by atoms with Gasteiger partial charge in [-0.2, -0.15) is 0 Å². The Hall–Kier alpha value is -4.41. The van der Waals surface area contributed by atoms with Gasteiger partial charge in [-0.1, -0.05) is 12.1 Å². The van der Waals surface area contributed by atoms with Crippen LogP contribution in [0.15, 0.2) is 40.2 Å². The first-order valence-electron chi connectivity index (χ1n) is 8.95. The maximum absolute atomic E-state index is 12.8. The van der Waals surface area contributed by atoms with Crippen LogP contribution in [0.1, 0.15) is 22.6 Å². The van der Waals surface area contributed by atoms with Crippen LogP contribution in [-0.4, -0.2) is 32.0 Å². The summed E-state index contributed by atoms with van der Waals surface area (Å²) < 4.78 is 5.23. The van der Waals surface area contributed by atoms with Crippen molar-refractivity contribution in [2.45, 2.75) is 5.92 Å².